The molecule has 4 atom stereocenters. The highest BCUT2D eigenvalue weighted by molar-refractivity contribution is 5.91. The molecule has 2 heterocycles. The van der Waals surface area contributed by atoms with Crippen molar-refractivity contribution in [2.45, 2.75) is 24.0 Å². The highest BCUT2D eigenvalue weighted by atomic mass is 16.6. The summed E-state index contributed by atoms with van der Waals surface area (Å²) in [4.78, 5) is 51.4. The van der Waals surface area contributed by atoms with Crippen molar-refractivity contribution in [3.05, 3.63) is 104 Å². The van der Waals surface area contributed by atoms with Crippen LogP contribution < -0.4 is 11.2 Å². The van der Waals surface area contributed by atoms with Crippen LogP contribution in [-0.2, 0) is 19.9 Å². The molecule has 0 amide bonds. The Hall–Kier alpha value is -4.53. The van der Waals surface area contributed by atoms with E-state index >= 15 is 0 Å². The SMILES string of the molecule is COC(=O)c1ccccc1[C@H]1O[C@@](C#N)(n2ccc(=O)[nH]c2=O)[C@H](O)[C@@H]1OC(=O)c1ccccc1. The Bertz CT molecular complexity index is 1420. The van der Waals surface area contributed by atoms with E-state index in [1.54, 1.807) is 36.4 Å². The molecule has 3 aromatic rings. The molecule has 4 rings (SSSR count). The number of nitrogens with one attached hydrogen (secondary N) is 1. The minimum Gasteiger partial charge on any atom is -0.465 e. The molecule has 0 spiro atoms. The summed E-state index contributed by atoms with van der Waals surface area (Å²) in [6.07, 6.45) is -3.82. The molecule has 11 nitrogen and oxygen atoms in total. The van der Waals surface area contributed by atoms with Crippen LogP contribution in [0.4, 0.5) is 0 Å². The number of nitriles is 1. The lowest BCUT2D eigenvalue weighted by molar-refractivity contribution is -0.102. The fourth-order valence-electron chi connectivity index (χ4n) is 3.92. The van der Waals surface area contributed by atoms with Crippen molar-refractivity contribution >= 4 is 11.9 Å². The van der Waals surface area contributed by atoms with Gasteiger partial charge in [-0.25, -0.2) is 14.4 Å². The Kier molecular flexibility index (Phi) is 6.33. The fourth-order valence-corrected chi connectivity index (χ4v) is 3.92. The van der Waals surface area contributed by atoms with Gasteiger partial charge in [-0.3, -0.25) is 14.3 Å². The van der Waals surface area contributed by atoms with Gasteiger partial charge in [0.2, 0.25) is 0 Å². The van der Waals surface area contributed by atoms with E-state index in [0.717, 1.165) is 12.3 Å². The minimum atomic E-state index is -2.41. The second-order valence-corrected chi connectivity index (χ2v) is 7.59. The number of methoxy groups -OCH3 is 1. The highest BCUT2D eigenvalue weighted by Crippen LogP contribution is 2.45. The van der Waals surface area contributed by atoms with Crippen LogP contribution in [0.25, 0.3) is 0 Å². The number of hydrogen-bond donors (Lipinski definition) is 2. The Morgan fingerprint density at radius 1 is 1.09 bits per heavy atom. The van der Waals surface area contributed by atoms with Crippen molar-refractivity contribution in [3.63, 3.8) is 0 Å². The molecule has 0 unspecified atom stereocenters. The Labute approximate surface area is 197 Å². The number of rotatable bonds is 5. The largest absolute Gasteiger partial charge is 0.465 e. The van der Waals surface area contributed by atoms with Gasteiger partial charge >= 0.3 is 17.6 Å². The van der Waals surface area contributed by atoms with E-state index in [9.17, 15) is 29.5 Å². The number of nitrogens with zero attached hydrogens (tertiary/aromatic N) is 2. The molecule has 0 bridgehead atoms. The standard InChI is InChI=1S/C24H19N3O8/c1-33-22(31)16-10-6-5-9-15(16)18-19(34-21(30)14-7-3-2-4-8-14)20(29)24(13-25,35-18)27-12-11-17(28)26-23(27)32/h2-12,18-20,29H,1H3,(H,26,28,32)/t18-,19-,20-,24-/m1/s1. The molecule has 1 aliphatic rings. The van der Waals surface area contributed by atoms with Gasteiger partial charge in [-0.15, -0.1) is 0 Å². The fraction of sp³-hybridized carbons (Fsp3) is 0.208. The number of H-pyrrole nitrogens is 1. The van der Waals surface area contributed by atoms with Gasteiger partial charge in [0.1, 0.15) is 12.2 Å². The summed E-state index contributed by atoms with van der Waals surface area (Å²) in [5, 5.41) is 21.3. The molecule has 1 aliphatic heterocycles. The van der Waals surface area contributed by atoms with Crippen molar-refractivity contribution in [1.29, 1.82) is 5.26 Å². The smallest absolute Gasteiger partial charge is 0.338 e. The number of aromatic amines is 1. The molecular weight excluding hydrogens is 458 g/mol. The molecule has 178 valence electrons. The molecule has 0 aliphatic carbocycles. The van der Waals surface area contributed by atoms with Gasteiger partial charge < -0.3 is 19.3 Å². The Balaban J connectivity index is 1.87. The van der Waals surface area contributed by atoms with Gasteiger partial charge in [0.15, 0.2) is 12.2 Å². The first kappa shape index (κ1) is 23.6. The third-order valence-electron chi connectivity index (χ3n) is 5.58. The quantitative estimate of drug-likeness (QED) is 0.508. The number of aliphatic hydroxyl groups excluding tert-OH is 1. The summed E-state index contributed by atoms with van der Waals surface area (Å²) < 4.78 is 17.0. The van der Waals surface area contributed by atoms with Crippen LogP contribution in [0, 0.1) is 11.3 Å². The maximum atomic E-state index is 12.9. The predicted molar refractivity (Wildman–Crippen MR) is 118 cm³/mol. The van der Waals surface area contributed by atoms with Crippen molar-refractivity contribution < 1.29 is 28.9 Å². The molecule has 2 N–H and O–H groups in total. The normalized spacial score (nSPS) is 23.3. The zero-order valence-corrected chi connectivity index (χ0v) is 18.3. The van der Waals surface area contributed by atoms with Gasteiger partial charge in [-0.05, 0) is 23.8 Å². The molecule has 0 saturated carbocycles. The van der Waals surface area contributed by atoms with Crippen LogP contribution in [0.2, 0.25) is 0 Å². The molecule has 0 radical (unpaired) electrons. The van der Waals surface area contributed by atoms with Crippen molar-refractivity contribution in [2.75, 3.05) is 7.11 Å². The number of ether oxygens (including phenoxy) is 3. The molecule has 1 aromatic heterocycles. The summed E-state index contributed by atoms with van der Waals surface area (Å²) in [6, 6.07) is 16.7. The Morgan fingerprint density at radius 3 is 2.43 bits per heavy atom. The van der Waals surface area contributed by atoms with Crippen LogP contribution in [-0.4, -0.2) is 45.9 Å². The van der Waals surface area contributed by atoms with E-state index in [-0.39, 0.29) is 16.7 Å². The van der Waals surface area contributed by atoms with Gasteiger partial charge in [0.25, 0.3) is 11.3 Å². The van der Waals surface area contributed by atoms with Crippen LogP contribution in [0.15, 0.2) is 76.4 Å². The lowest BCUT2D eigenvalue weighted by atomic mass is 9.95. The zero-order chi connectivity index (χ0) is 25.2. The van der Waals surface area contributed by atoms with Gasteiger partial charge in [0, 0.05) is 12.3 Å². The number of hydrogen-bond acceptors (Lipinski definition) is 9. The first-order valence-corrected chi connectivity index (χ1v) is 10.3. The molecular formula is C24H19N3O8. The third-order valence-corrected chi connectivity index (χ3v) is 5.58. The van der Waals surface area contributed by atoms with Crippen LogP contribution in [0.5, 0.6) is 0 Å². The molecule has 11 heteroatoms. The summed E-state index contributed by atoms with van der Waals surface area (Å²) in [5.74, 6) is -1.57. The topological polar surface area (TPSA) is 161 Å². The van der Waals surface area contributed by atoms with Crippen LogP contribution in [0.1, 0.15) is 32.4 Å². The molecule has 1 saturated heterocycles. The zero-order valence-electron chi connectivity index (χ0n) is 18.3. The summed E-state index contributed by atoms with van der Waals surface area (Å²) in [6.45, 7) is 0. The average molecular weight is 477 g/mol. The average Bonchev–Trinajstić information content (AvgIpc) is 3.16. The number of esters is 2. The lowest BCUT2D eigenvalue weighted by Crippen LogP contribution is -2.51. The minimum absolute atomic E-state index is 0.0375. The first-order chi connectivity index (χ1) is 16.8. The summed E-state index contributed by atoms with van der Waals surface area (Å²) >= 11 is 0. The monoisotopic (exact) mass is 477 g/mol. The van der Waals surface area contributed by atoms with Crippen LogP contribution >= 0.6 is 0 Å². The van der Waals surface area contributed by atoms with E-state index in [1.165, 1.54) is 31.4 Å². The van der Waals surface area contributed by atoms with E-state index in [2.05, 4.69) is 0 Å². The summed E-state index contributed by atoms with van der Waals surface area (Å²) in [7, 11) is 1.18. The number of carbonyl (C=O) groups excluding carboxylic acids is 2. The predicted octanol–water partition coefficient (Wildman–Crippen LogP) is 0.858. The highest BCUT2D eigenvalue weighted by Gasteiger charge is 2.60. The van der Waals surface area contributed by atoms with Crippen LogP contribution in [0.3, 0.4) is 0 Å². The number of aliphatic hydroxyl groups is 1. The van der Waals surface area contributed by atoms with E-state index in [0.29, 0.717) is 4.57 Å². The molecule has 2 aromatic carbocycles. The Morgan fingerprint density at radius 2 is 1.77 bits per heavy atom. The van der Waals surface area contributed by atoms with E-state index in [4.69, 9.17) is 14.2 Å². The molecule has 35 heavy (non-hydrogen) atoms. The lowest BCUT2D eigenvalue weighted by Gasteiger charge is -2.26. The number of aromatic nitrogens is 2. The van der Waals surface area contributed by atoms with Crippen molar-refractivity contribution in [2.24, 2.45) is 0 Å². The maximum absolute atomic E-state index is 12.9. The summed E-state index contributed by atoms with van der Waals surface area (Å²) in [5.41, 5.74) is -3.82. The number of benzene rings is 2. The second kappa shape index (κ2) is 9.38. The molecule has 1 fully saturated rings. The number of carbonyl (C=O) groups is 2. The van der Waals surface area contributed by atoms with Crippen molar-refractivity contribution in [3.8, 4) is 6.07 Å². The van der Waals surface area contributed by atoms with Gasteiger partial charge in [0.05, 0.1) is 18.2 Å². The third kappa shape index (κ3) is 4.12. The van der Waals surface area contributed by atoms with Gasteiger partial charge in [-0.2, -0.15) is 5.26 Å². The van der Waals surface area contributed by atoms with E-state index < -0.39 is 47.2 Å². The van der Waals surface area contributed by atoms with Gasteiger partial charge in [-0.1, -0.05) is 36.4 Å². The van der Waals surface area contributed by atoms with Crippen molar-refractivity contribution in [1.82, 2.24) is 9.55 Å². The second-order valence-electron chi connectivity index (χ2n) is 7.59. The van der Waals surface area contributed by atoms with E-state index in [1.807, 2.05) is 4.98 Å². The maximum Gasteiger partial charge on any atom is 0.338 e. The first-order valence-electron chi connectivity index (χ1n) is 10.3.